The van der Waals surface area contributed by atoms with Crippen molar-refractivity contribution < 1.29 is 9.90 Å². The summed E-state index contributed by atoms with van der Waals surface area (Å²) >= 11 is 0. The number of nitrogens with zero attached hydrogens (tertiary/aromatic N) is 1. The van der Waals surface area contributed by atoms with E-state index in [1.807, 2.05) is 31.2 Å². The van der Waals surface area contributed by atoms with Crippen molar-refractivity contribution in [3.05, 3.63) is 35.4 Å². The van der Waals surface area contributed by atoms with Gasteiger partial charge in [-0.05, 0) is 26.3 Å². The molecular formula is C14H22N2O2. The van der Waals surface area contributed by atoms with Crippen molar-refractivity contribution in [1.82, 2.24) is 4.90 Å². The molecule has 0 aliphatic heterocycles. The van der Waals surface area contributed by atoms with Crippen LogP contribution in [0.2, 0.25) is 0 Å². The van der Waals surface area contributed by atoms with Gasteiger partial charge in [-0.1, -0.05) is 29.8 Å². The summed E-state index contributed by atoms with van der Waals surface area (Å²) in [6, 6.07) is 6.89. The third kappa shape index (κ3) is 4.13. The highest BCUT2D eigenvalue weighted by Crippen LogP contribution is 2.15. The van der Waals surface area contributed by atoms with Crippen LogP contribution in [0.25, 0.3) is 0 Å². The van der Waals surface area contributed by atoms with Crippen molar-refractivity contribution in [1.29, 1.82) is 0 Å². The van der Waals surface area contributed by atoms with Crippen LogP contribution in [-0.4, -0.2) is 35.1 Å². The maximum atomic E-state index is 12.1. The van der Waals surface area contributed by atoms with Crippen molar-refractivity contribution in [2.45, 2.75) is 32.4 Å². The SMILES string of the molecule is Cc1ccc(C(N)C(=O)N(C)CC(C)(C)O)cc1. The Hall–Kier alpha value is -1.39. The Morgan fingerprint density at radius 2 is 1.89 bits per heavy atom. The van der Waals surface area contributed by atoms with Gasteiger partial charge in [0.05, 0.1) is 5.60 Å². The second kappa shape index (κ2) is 5.50. The van der Waals surface area contributed by atoms with Crippen LogP contribution >= 0.6 is 0 Å². The lowest BCUT2D eigenvalue weighted by Crippen LogP contribution is -2.43. The number of aryl methyl sites for hydroxylation is 1. The first-order valence-electron chi connectivity index (χ1n) is 6.00. The molecule has 0 aliphatic carbocycles. The van der Waals surface area contributed by atoms with E-state index in [1.165, 1.54) is 4.90 Å². The Balaban J connectivity index is 2.75. The van der Waals surface area contributed by atoms with Crippen LogP contribution in [0.1, 0.15) is 31.0 Å². The molecule has 18 heavy (non-hydrogen) atoms. The van der Waals surface area contributed by atoms with Crippen LogP contribution in [0.5, 0.6) is 0 Å². The fraction of sp³-hybridized carbons (Fsp3) is 0.500. The van der Waals surface area contributed by atoms with Gasteiger partial charge in [-0.3, -0.25) is 4.79 Å². The minimum Gasteiger partial charge on any atom is -0.389 e. The van der Waals surface area contributed by atoms with Gasteiger partial charge < -0.3 is 15.7 Å². The number of amides is 1. The van der Waals surface area contributed by atoms with E-state index in [0.717, 1.165) is 11.1 Å². The van der Waals surface area contributed by atoms with E-state index in [2.05, 4.69) is 0 Å². The zero-order valence-corrected chi connectivity index (χ0v) is 11.5. The van der Waals surface area contributed by atoms with E-state index in [1.54, 1.807) is 20.9 Å². The predicted molar refractivity (Wildman–Crippen MR) is 72.0 cm³/mol. The second-order valence-corrected chi connectivity index (χ2v) is 5.40. The Morgan fingerprint density at radius 3 is 2.33 bits per heavy atom. The Labute approximate surface area is 108 Å². The second-order valence-electron chi connectivity index (χ2n) is 5.40. The fourth-order valence-electron chi connectivity index (χ4n) is 1.81. The third-order valence-electron chi connectivity index (χ3n) is 2.70. The maximum absolute atomic E-state index is 12.1. The summed E-state index contributed by atoms with van der Waals surface area (Å²) in [5.41, 5.74) is 6.93. The van der Waals surface area contributed by atoms with Crippen molar-refractivity contribution in [2.24, 2.45) is 5.73 Å². The van der Waals surface area contributed by atoms with Crippen LogP contribution in [0.15, 0.2) is 24.3 Å². The fourth-order valence-corrected chi connectivity index (χ4v) is 1.81. The van der Waals surface area contributed by atoms with Gasteiger partial charge in [-0.15, -0.1) is 0 Å². The maximum Gasteiger partial charge on any atom is 0.243 e. The summed E-state index contributed by atoms with van der Waals surface area (Å²) in [6.45, 7) is 5.56. The average molecular weight is 250 g/mol. The van der Waals surface area contributed by atoms with E-state index in [0.29, 0.717) is 0 Å². The summed E-state index contributed by atoms with van der Waals surface area (Å²) in [6.07, 6.45) is 0. The van der Waals surface area contributed by atoms with E-state index in [9.17, 15) is 9.90 Å². The first-order chi connectivity index (χ1) is 8.20. The number of hydrogen-bond acceptors (Lipinski definition) is 3. The van der Waals surface area contributed by atoms with Crippen LogP contribution in [-0.2, 0) is 4.79 Å². The molecule has 1 unspecified atom stereocenters. The highest BCUT2D eigenvalue weighted by atomic mass is 16.3. The molecule has 4 nitrogen and oxygen atoms in total. The molecule has 1 aromatic rings. The van der Waals surface area contributed by atoms with E-state index < -0.39 is 11.6 Å². The third-order valence-corrected chi connectivity index (χ3v) is 2.70. The molecule has 0 fully saturated rings. The highest BCUT2D eigenvalue weighted by molar-refractivity contribution is 5.82. The zero-order valence-electron chi connectivity index (χ0n) is 11.5. The molecule has 100 valence electrons. The normalized spacial score (nSPS) is 13.2. The molecule has 0 saturated carbocycles. The van der Waals surface area contributed by atoms with Gasteiger partial charge in [0.25, 0.3) is 0 Å². The number of likely N-dealkylation sites (N-methyl/N-ethyl adjacent to an activating group) is 1. The molecule has 4 heteroatoms. The zero-order chi connectivity index (χ0) is 13.9. The number of hydrogen-bond donors (Lipinski definition) is 2. The van der Waals surface area contributed by atoms with E-state index >= 15 is 0 Å². The lowest BCUT2D eigenvalue weighted by molar-refractivity contribution is -0.134. The summed E-state index contributed by atoms with van der Waals surface area (Å²) < 4.78 is 0. The smallest absolute Gasteiger partial charge is 0.243 e. The molecule has 0 spiro atoms. The molecule has 0 radical (unpaired) electrons. The monoisotopic (exact) mass is 250 g/mol. The van der Waals surface area contributed by atoms with E-state index in [4.69, 9.17) is 5.73 Å². The van der Waals surface area contributed by atoms with Crippen LogP contribution < -0.4 is 5.73 Å². The summed E-state index contributed by atoms with van der Waals surface area (Å²) in [7, 11) is 1.65. The largest absolute Gasteiger partial charge is 0.389 e. The minimum absolute atomic E-state index is 0.194. The molecule has 0 bridgehead atoms. The molecular weight excluding hydrogens is 228 g/mol. The quantitative estimate of drug-likeness (QED) is 0.844. The summed E-state index contributed by atoms with van der Waals surface area (Å²) in [5, 5.41) is 9.69. The molecule has 1 rings (SSSR count). The van der Waals surface area contributed by atoms with Gasteiger partial charge in [0.15, 0.2) is 0 Å². The van der Waals surface area contributed by atoms with Gasteiger partial charge in [0.1, 0.15) is 6.04 Å². The van der Waals surface area contributed by atoms with Crippen molar-refractivity contribution in [3.63, 3.8) is 0 Å². The van der Waals surface area contributed by atoms with Crippen molar-refractivity contribution in [3.8, 4) is 0 Å². The number of nitrogens with two attached hydrogens (primary N) is 1. The molecule has 1 atom stereocenters. The van der Waals surface area contributed by atoms with Crippen LogP contribution in [0.4, 0.5) is 0 Å². The van der Waals surface area contributed by atoms with Crippen molar-refractivity contribution in [2.75, 3.05) is 13.6 Å². The number of carbonyl (C=O) groups is 1. The van der Waals surface area contributed by atoms with Gasteiger partial charge in [-0.2, -0.15) is 0 Å². The summed E-state index contributed by atoms with van der Waals surface area (Å²) in [5.74, 6) is -0.194. The van der Waals surface area contributed by atoms with E-state index in [-0.39, 0.29) is 12.5 Å². The Bertz CT molecular complexity index is 407. The molecule has 0 aliphatic rings. The number of rotatable bonds is 4. The molecule has 0 aromatic heterocycles. The Kier molecular flexibility index (Phi) is 4.48. The first-order valence-corrected chi connectivity index (χ1v) is 6.00. The molecule has 1 aromatic carbocycles. The standard InChI is InChI=1S/C14H22N2O2/c1-10-5-7-11(8-6-10)12(15)13(17)16(4)9-14(2,3)18/h5-8,12,18H,9,15H2,1-4H3. The molecule has 0 heterocycles. The number of aliphatic hydroxyl groups is 1. The highest BCUT2D eigenvalue weighted by Gasteiger charge is 2.24. The number of benzene rings is 1. The average Bonchev–Trinajstić information content (AvgIpc) is 2.26. The lowest BCUT2D eigenvalue weighted by atomic mass is 10.0. The topological polar surface area (TPSA) is 66.6 Å². The van der Waals surface area contributed by atoms with Crippen LogP contribution in [0.3, 0.4) is 0 Å². The molecule has 3 N–H and O–H groups in total. The van der Waals surface area contributed by atoms with Crippen LogP contribution in [0, 0.1) is 6.92 Å². The van der Waals surface area contributed by atoms with Gasteiger partial charge in [-0.25, -0.2) is 0 Å². The van der Waals surface area contributed by atoms with Gasteiger partial charge in [0.2, 0.25) is 5.91 Å². The molecule has 0 saturated heterocycles. The number of carbonyl (C=O) groups excluding carboxylic acids is 1. The van der Waals surface area contributed by atoms with Gasteiger partial charge in [0, 0.05) is 13.6 Å². The van der Waals surface area contributed by atoms with Gasteiger partial charge >= 0.3 is 0 Å². The Morgan fingerprint density at radius 1 is 1.39 bits per heavy atom. The molecule has 1 amide bonds. The summed E-state index contributed by atoms with van der Waals surface area (Å²) in [4.78, 5) is 13.6. The first kappa shape index (κ1) is 14.7. The van der Waals surface area contributed by atoms with Crippen molar-refractivity contribution >= 4 is 5.91 Å². The predicted octanol–water partition coefficient (Wildman–Crippen LogP) is 1.22. The lowest BCUT2D eigenvalue weighted by Gasteiger charge is -2.27. The minimum atomic E-state index is -0.919.